The first-order chi connectivity index (χ1) is 41.7. The van der Waals surface area contributed by atoms with Gasteiger partial charge >= 0.3 is 0 Å². The van der Waals surface area contributed by atoms with Crippen molar-refractivity contribution >= 4 is 11.6 Å². The second-order valence-corrected chi connectivity index (χ2v) is 41.4. The third-order valence-corrected chi connectivity index (χ3v) is 32.7. The molecule has 0 amide bonds. The summed E-state index contributed by atoms with van der Waals surface area (Å²) >= 11 is 0. The van der Waals surface area contributed by atoms with E-state index in [-0.39, 0.29) is 129 Å². The molecule has 0 bridgehead atoms. The monoisotopic (exact) mass is 1350 g/mol. The Morgan fingerprint density at radius 2 is 0.716 bits per heavy atom. The van der Waals surface area contributed by atoms with E-state index in [4.69, 9.17) is 47.4 Å². The maximum Gasteiger partial charge on any atom is 0.163 e. The summed E-state index contributed by atoms with van der Waals surface area (Å²) in [6, 6.07) is 0. The van der Waals surface area contributed by atoms with Gasteiger partial charge in [0.25, 0.3) is 0 Å². The van der Waals surface area contributed by atoms with Crippen molar-refractivity contribution in [1.82, 2.24) is 0 Å². The number of carbonyl (C=O) groups is 2. The Labute approximate surface area is 587 Å². The summed E-state index contributed by atoms with van der Waals surface area (Å²) in [7, 11) is 0. The van der Waals surface area contributed by atoms with Gasteiger partial charge < -0.3 is 57.0 Å². The lowest BCUT2D eigenvalue weighted by molar-refractivity contribution is -0.367. The van der Waals surface area contributed by atoms with Crippen LogP contribution in [0.25, 0.3) is 0 Å². The molecule has 0 spiro atoms. The third kappa shape index (κ3) is 14.8. The Hall–Kier alpha value is -1.06. The van der Waals surface area contributed by atoms with Crippen LogP contribution in [-0.4, -0.2) is 122 Å². The van der Waals surface area contributed by atoms with Crippen LogP contribution >= 0.6 is 0 Å². The Kier molecular flexibility index (Phi) is 25.5. The first-order valence-electron chi connectivity index (χ1n) is 37.1. The van der Waals surface area contributed by atoms with E-state index >= 15 is 0 Å². The van der Waals surface area contributed by atoms with Crippen molar-refractivity contribution in [3.8, 4) is 0 Å². The topological polar surface area (TPSA) is 126 Å². The molecule has 12 heteroatoms. The van der Waals surface area contributed by atoms with Crippen molar-refractivity contribution < 1.29 is 57.0 Å². The fourth-order valence-corrected chi connectivity index (χ4v) is 17.9. The van der Waals surface area contributed by atoms with E-state index in [1.165, 1.54) is 27.7 Å². The number of carbonyl (C=O) groups excluding carboxylic acids is 2. The largest absolute Gasteiger partial charge is 0.378 e. The zero-order valence-electron chi connectivity index (χ0n) is 71.0. The van der Waals surface area contributed by atoms with Crippen LogP contribution in [-0.2, 0) is 57.0 Å². The van der Waals surface area contributed by atoms with Gasteiger partial charge in [-0.15, -0.1) is 0 Å². The molecule has 0 radical (unpaired) electrons. The number of ketones is 2. The Bertz CT molecular complexity index is 2590. The molecule has 0 saturated carbocycles. The molecule has 0 aromatic rings. The molecule has 6 saturated heterocycles. The quantitative estimate of drug-likeness (QED) is 0.164. The van der Waals surface area contributed by atoms with Crippen molar-refractivity contribution in [1.29, 1.82) is 0 Å². The highest BCUT2D eigenvalue weighted by Crippen LogP contribution is 2.70. The van der Waals surface area contributed by atoms with Crippen LogP contribution in [0.15, 0.2) is 0 Å². The van der Waals surface area contributed by atoms with Gasteiger partial charge in [-0.2, -0.15) is 0 Å². The van der Waals surface area contributed by atoms with Crippen molar-refractivity contribution in [2.24, 2.45) is 100.0 Å². The zero-order valence-corrected chi connectivity index (χ0v) is 71.0. The number of hydrogen-bond donors (Lipinski definition) is 0. The maximum absolute atomic E-state index is 9.44. The minimum atomic E-state index is -0.547. The molecular weight excluding hydrogens is 1190 g/mol. The molecule has 562 valence electrons. The van der Waals surface area contributed by atoms with Crippen LogP contribution in [0.2, 0.25) is 0 Å². The fraction of sp³-hybridized carbons (Fsp3) is 0.976. The zero-order chi connectivity index (χ0) is 75.4. The average Bonchev–Trinajstić information content (AvgIpc) is 0.700. The Morgan fingerprint density at radius 1 is 0.368 bits per heavy atom. The van der Waals surface area contributed by atoms with E-state index in [0.717, 1.165) is 6.61 Å². The molecule has 0 aliphatic carbocycles. The number of Topliss-reactive ketones (excluding diaryl/α,β-unsaturated/α-hetero) is 2. The van der Waals surface area contributed by atoms with Crippen LogP contribution in [0, 0.1) is 100.0 Å². The molecule has 12 nitrogen and oxygen atoms in total. The van der Waals surface area contributed by atoms with Crippen LogP contribution in [0.4, 0.5) is 0 Å². The normalized spacial score (nSPS) is 39.4. The highest BCUT2D eigenvalue weighted by Gasteiger charge is 2.72. The Morgan fingerprint density at radius 3 is 1.15 bits per heavy atom. The number of rotatable bonds is 14. The molecular formula is C83H158O12. The standard InChI is InChI=1S/C45H86O5.C32H60O5.2C3H6O/c1-31(2)32(3,4)39(17,18)49-44(25,36(31,11)12)29-47-28-43(24)35(9,10)37(13,14)45(26,50-41(43,21)22)30-46-27-42(23)34(7,8)33(5,6)38(15,16)48-40(42,19)20;1-19-16-33-24(21(3)20(19)2)17-34-26-29(8,9)22(4)28(6,7)25(36-26)18-35-27-30(10,11)23(5)31(12,13)32(14,15)37-27;2*1-3(2)4/h27-30H2,1-26H3;19-27H,16-18H2,1-15H3;2*1-2H3/t42-,43-,44-,45-;;;/m0.../s1. The molecule has 6 rings (SSSR count). The second-order valence-electron chi connectivity index (χ2n) is 41.4. The molecule has 95 heavy (non-hydrogen) atoms. The number of hydrogen-bond acceptors (Lipinski definition) is 12. The highest BCUT2D eigenvalue weighted by molar-refractivity contribution is 5.72. The molecule has 6 heterocycles. The van der Waals surface area contributed by atoms with Gasteiger partial charge in [-0.1, -0.05) is 201 Å². The van der Waals surface area contributed by atoms with Crippen LogP contribution in [0.1, 0.15) is 312 Å². The predicted molar refractivity (Wildman–Crippen MR) is 394 cm³/mol. The summed E-state index contributed by atoms with van der Waals surface area (Å²) in [6.07, 6.45) is -0.607. The lowest BCUT2D eigenvalue weighted by Crippen LogP contribution is -2.74. The van der Waals surface area contributed by atoms with E-state index in [1.54, 1.807) is 0 Å². The minimum Gasteiger partial charge on any atom is -0.378 e. The first kappa shape index (κ1) is 88.2. The summed E-state index contributed by atoms with van der Waals surface area (Å²) in [5, 5.41) is 0. The summed E-state index contributed by atoms with van der Waals surface area (Å²) in [6.45, 7) is 105. The molecule has 0 N–H and O–H groups in total. The van der Waals surface area contributed by atoms with Crippen LogP contribution in [0.3, 0.4) is 0 Å². The van der Waals surface area contributed by atoms with E-state index in [0.29, 0.717) is 69.2 Å². The van der Waals surface area contributed by atoms with Crippen LogP contribution in [0.5, 0.6) is 0 Å². The van der Waals surface area contributed by atoms with E-state index in [9.17, 15) is 9.59 Å². The molecule has 9 unspecified atom stereocenters. The summed E-state index contributed by atoms with van der Waals surface area (Å²) in [5.74, 6) is 2.79. The molecule has 6 fully saturated rings. The van der Waals surface area contributed by atoms with Gasteiger partial charge in [0, 0.05) is 39.1 Å². The molecule has 0 aromatic carbocycles. The molecule has 6 aliphatic rings. The molecule has 13 atom stereocenters. The van der Waals surface area contributed by atoms with Crippen LogP contribution < -0.4 is 0 Å². The van der Waals surface area contributed by atoms with Crippen molar-refractivity contribution in [3.05, 3.63) is 0 Å². The maximum atomic E-state index is 9.44. The van der Waals surface area contributed by atoms with Gasteiger partial charge in [-0.05, 0) is 178 Å². The summed E-state index contributed by atoms with van der Waals surface area (Å²) < 4.78 is 68.1. The molecule has 0 aromatic heterocycles. The molecule has 6 aliphatic heterocycles. The number of ether oxygens (including phenoxy) is 10. The van der Waals surface area contributed by atoms with Gasteiger partial charge in [-0.3, -0.25) is 0 Å². The smallest absolute Gasteiger partial charge is 0.163 e. The fourth-order valence-electron chi connectivity index (χ4n) is 17.9. The van der Waals surface area contributed by atoms with E-state index < -0.39 is 16.8 Å². The minimum absolute atomic E-state index is 0.00272. The van der Waals surface area contributed by atoms with Gasteiger partial charge in [0.1, 0.15) is 11.6 Å². The summed E-state index contributed by atoms with van der Waals surface area (Å²) in [4.78, 5) is 18.9. The lowest BCUT2D eigenvalue weighted by atomic mass is 9.43. The van der Waals surface area contributed by atoms with Gasteiger partial charge in [-0.25, -0.2) is 0 Å². The highest BCUT2D eigenvalue weighted by atomic mass is 16.7. The van der Waals surface area contributed by atoms with Gasteiger partial charge in [0.2, 0.25) is 0 Å². The lowest BCUT2D eigenvalue weighted by Gasteiger charge is -2.71. The average molecular weight is 1350 g/mol. The predicted octanol–water partition coefficient (Wildman–Crippen LogP) is 20.7. The third-order valence-electron chi connectivity index (χ3n) is 32.7. The van der Waals surface area contributed by atoms with Gasteiger partial charge in [0.15, 0.2) is 12.6 Å². The van der Waals surface area contributed by atoms with Gasteiger partial charge in [0.05, 0.1) is 91.1 Å². The summed E-state index contributed by atoms with van der Waals surface area (Å²) in [5.41, 5.74) is -4.46. The van der Waals surface area contributed by atoms with E-state index in [1.807, 2.05) is 0 Å². The second kappa shape index (κ2) is 27.5. The van der Waals surface area contributed by atoms with Crippen molar-refractivity contribution in [3.63, 3.8) is 0 Å². The van der Waals surface area contributed by atoms with E-state index in [2.05, 4.69) is 284 Å². The van der Waals surface area contributed by atoms with Crippen molar-refractivity contribution in [2.75, 3.05) is 46.2 Å². The SMILES string of the molecule is CC(C)=O.CC(C)=O.CC1(C)O[C@@](C)(COC[C@]2(C)C(C)(C)O[C@@](C)(COC[C@]3(C)C(C)(C)OC(C)(C)C(C)(C)C3(C)C)C(C)(C)C2(C)C)C(C)(C)C(C)(C)C1(C)C.CC1COC(COC2OC(COC3OC(C)(C)C(C)(C)C(C)C3(C)C)C(C)(C)C(C)C2(C)C)C(C)C1C. The first-order valence-corrected chi connectivity index (χ1v) is 37.1. The van der Waals surface area contributed by atoms with Crippen molar-refractivity contribution in [2.45, 2.75) is 376 Å². The Balaban J connectivity index is 0.000000459.